The van der Waals surface area contributed by atoms with Gasteiger partial charge in [-0.1, -0.05) is 48.5 Å². The molecule has 0 aliphatic carbocycles. The van der Waals surface area contributed by atoms with Crippen LogP contribution in [-0.4, -0.2) is 38.9 Å². The minimum atomic E-state index is -3.43. The van der Waals surface area contributed by atoms with Crippen molar-refractivity contribution in [3.8, 4) is 22.3 Å². The smallest absolute Gasteiger partial charge is 0.251 e. The highest BCUT2D eigenvalue weighted by atomic mass is 32.2. The maximum atomic E-state index is 12.7. The minimum Gasteiger partial charge on any atom is -0.346 e. The van der Waals surface area contributed by atoms with Crippen LogP contribution in [0.1, 0.15) is 21.6 Å². The fraction of sp³-hybridized carbons (Fsp3) is 0.172. The van der Waals surface area contributed by atoms with Gasteiger partial charge in [-0.25, -0.2) is 8.42 Å². The van der Waals surface area contributed by atoms with Crippen LogP contribution in [0.5, 0.6) is 0 Å². The second kappa shape index (κ2) is 10.4. The van der Waals surface area contributed by atoms with E-state index in [1.807, 2.05) is 54.6 Å². The Morgan fingerprint density at radius 3 is 2.16 bits per heavy atom. The summed E-state index contributed by atoms with van der Waals surface area (Å²) in [4.78, 5) is 17.2. The first-order valence-electron chi connectivity index (χ1n) is 11.7. The molecule has 37 heavy (non-hydrogen) atoms. The lowest BCUT2D eigenvalue weighted by Crippen LogP contribution is -2.23. The Balaban J connectivity index is 1.51. The molecule has 0 atom stereocenters. The van der Waals surface area contributed by atoms with Crippen LogP contribution < -0.4 is 10.6 Å². The third-order valence-electron chi connectivity index (χ3n) is 6.11. The topological polar surface area (TPSA) is 93.2 Å². The molecular formula is C29H29N2O4PS. The molecule has 0 radical (unpaired) electrons. The molecule has 6 nitrogen and oxygen atoms in total. The lowest BCUT2D eigenvalue weighted by molar-refractivity contribution is 0.0950. The number of aromatic nitrogens is 1. The highest BCUT2D eigenvalue weighted by Gasteiger charge is 2.15. The van der Waals surface area contributed by atoms with Gasteiger partial charge in [0.2, 0.25) is 0 Å². The number of rotatable bonds is 7. The summed E-state index contributed by atoms with van der Waals surface area (Å²) in [6.07, 6.45) is 2.83. The van der Waals surface area contributed by atoms with Gasteiger partial charge in [0.1, 0.15) is 7.14 Å². The monoisotopic (exact) mass is 532 g/mol. The molecule has 0 unspecified atom stereocenters. The summed E-state index contributed by atoms with van der Waals surface area (Å²) >= 11 is 0. The van der Waals surface area contributed by atoms with Gasteiger partial charge in [-0.3, -0.25) is 9.78 Å². The van der Waals surface area contributed by atoms with Gasteiger partial charge in [0, 0.05) is 23.3 Å². The Morgan fingerprint density at radius 2 is 1.51 bits per heavy atom. The lowest BCUT2D eigenvalue weighted by atomic mass is 9.99. The number of nitrogens with zero attached hydrogens (tertiary/aromatic N) is 1. The van der Waals surface area contributed by atoms with Crippen molar-refractivity contribution in [2.75, 3.05) is 19.6 Å². The van der Waals surface area contributed by atoms with Crippen LogP contribution in [-0.2, 0) is 20.9 Å². The molecule has 3 aromatic carbocycles. The third kappa shape index (κ3) is 6.43. The second-order valence-electron chi connectivity index (χ2n) is 9.45. The Morgan fingerprint density at radius 1 is 0.865 bits per heavy atom. The minimum absolute atomic E-state index is 0.146. The number of sulfone groups is 1. The van der Waals surface area contributed by atoms with Crippen LogP contribution in [0, 0.1) is 6.92 Å². The van der Waals surface area contributed by atoms with E-state index in [4.69, 9.17) is 0 Å². The van der Waals surface area contributed by atoms with Gasteiger partial charge in [0.05, 0.1) is 17.1 Å². The molecule has 4 aromatic rings. The fourth-order valence-electron chi connectivity index (χ4n) is 4.06. The van der Waals surface area contributed by atoms with Crippen LogP contribution in [0.2, 0.25) is 0 Å². The van der Waals surface area contributed by atoms with E-state index >= 15 is 0 Å². The van der Waals surface area contributed by atoms with Crippen molar-refractivity contribution in [1.82, 2.24) is 10.3 Å². The quantitative estimate of drug-likeness (QED) is 0.326. The number of carbonyl (C=O) groups excluding carboxylic acids is 1. The average Bonchev–Trinajstić information content (AvgIpc) is 2.87. The van der Waals surface area contributed by atoms with E-state index in [0.29, 0.717) is 11.3 Å². The van der Waals surface area contributed by atoms with Crippen LogP contribution in [0.4, 0.5) is 0 Å². The molecule has 1 aromatic heterocycles. The summed E-state index contributed by atoms with van der Waals surface area (Å²) in [5.41, 5.74) is 5.60. The SMILES string of the molecule is Cc1ccc(C(=O)NCc2cc(-c3cccc(-c4ccc(P(C)(C)=O)cc4)c3)ccn2)cc1S(C)(=O)=O. The zero-order chi connectivity index (χ0) is 26.8. The van der Waals surface area contributed by atoms with E-state index in [-0.39, 0.29) is 22.9 Å². The van der Waals surface area contributed by atoms with Crippen molar-refractivity contribution in [3.05, 3.63) is 102 Å². The maximum Gasteiger partial charge on any atom is 0.251 e. The Labute approximate surface area is 218 Å². The number of aryl methyl sites for hydroxylation is 1. The molecule has 0 saturated carbocycles. The molecule has 1 N–H and O–H groups in total. The number of amides is 1. The Hall–Kier alpha value is -3.54. The molecule has 0 bridgehead atoms. The zero-order valence-corrected chi connectivity index (χ0v) is 22.9. The largest absolute Gasteiger partial charge is 0.346 e. The van der Waals surface area contributed by atoms with Gasteiger partial charge in [-0.2, -0.15) is 0 Å². The van der Waals surface area contributed by atoms with Crippen LogP contribution in [0.15, 0.2) is 90.0 Å². The van der Waals surface area contributed by atoms with E-state index < -0.39 is 17.0 Å². The molecule has 0 aliphatic heterocycles. The highest BCUT2D eigenvalue weighted by Crippen LogP contribution is 2.35. The molecule has 1 amide bonds. The van der Waals surface area contributed by atoms with Gasteiger partial charge >= 0.3 is 0 Å². The van der Waals surface area contributed by atoms with Crippen molar-refractivity contribution in [1.29, 1.82) is 0 Å². The van der Waals surface area contributed by atoms with Crippen LogP contribution in [0.25, 0.3) is 22.3 Å². The van der Waals surface area contributed by atoms with Gasteiger partial charge in [0.15, 0.2) is 9.84 Å². The lowest BCUT2D eigenvalue weighted by Gasteiger charge is -2.11. The maximum absolute atomic E-state index is 12.7. The van der Waals surface area contributed by atoms with Crippen molar-refractivity contribution >= 4 is 28.2 Å². The van der Waals surface area contributed by atoms with Gasteiger partial charge in [0.25, 0.3) is 5.91 Å². The summed E-state index contributed by atoms with van der Waals surface area (Å²) in [7, 11) is -5.73. The molecule has 1 heterocycles. The predicted molar refractivity (Wildman–Crippen MR) is 150 cm³/mol. The van der Waals surface area contributed by atoms with Gasteiger partial charge in [-0.15, -0.1) is 0 Å². The molecule has 0 fully saturated rings. The van der Waals surface area contributed by atoms with Crippen molar-refractivity contribution in [3.63, 3.8) is 0 Å². The van der Waals surface area contributed by atoms with Crippen molar-refractivity contribution in [2.24, 2.45) is 0 Å². The van der Waals surface area contributed by atoms with Crippen LogP contribution in [0.3, 0.4) is 0 Å². The third-order valence-corrected chi connectivity index (χ3v) is 8.90. The second-order valence-corrected chi connectivity index (χ2v) is 14.7. The van der Waals surface area contributed by atoms with E-state index in [1.165, 1.54) is 6.07 Å². The van der Waals surface area contributed by atoms with Crippen molar-refractivity contribution in [2.45, 2.75) is 18.4 Å². The average molecular weight is 533 g/mol. The van der Waals surface area contributed by atoms with E-state index in [0.717, 1.165) is 33.8 Å². The normalized spacial score (nSPS) is 11.8. The summed E-state index contributed by atoms with van der Waals surface area (Å²) in [5.74, 6) is -0.369. The molecule has 190 valence electrons. The first kappa shape index (κ1) is 26.5. The van der Waals surface area contributed by atoms with E-state index in [9.17, 15) is 17.8 Å². The van der Waals surface area contributed by atoms with Gasteiger partial charge in [-0.05, 0) is 78.4 Å². The number of benzene rings is 3. The van der Waals surface area contributed by atoms with Crippen molar-refractivity contribution < 1.29 is 17.8 Å². The van der Waals surface area contributed by atoms with Gasteiger partial charge < -0.3 is 9.88 Å². The summed E-state index contributed by atoms with van der Waals surface area (Å²) in [6.45, 7) is 5.43. The number of nitrogens with one attached hydrogen (secondary N) is 1. The molecule has 0 spiro atoms. The predicted octanol–water partition coefficient (Wildman–Crippen LogP) is 5.31. The summed E-state index contributed by atoms with van der Waals surface area (Å²) in [6, 6.07) is 24.4. The first-order valence-corrected chi connectivity index (χ1v) is 16.2. The Kier molecular flexibility index (Phi) is 7.49. The number of hydrogen-bond acceptors (Lipinski definition) is 5. The highest BCUT2D eigenvalue weighted by molar-refractivity contribution is 7.90. The molecule has 0 aliphatic rings. The molecule has 0 saturated heterocycles. The molecular weight excluding hydrogens is 503 g/mol. The van der Waals surface area contributed by atoms with E-state index in [2.05, 4.69) is 16.4 Å². The standard InChI is InChI=1S/C29H29N2O4PS/c1-20-8-9-25(18-28(20)37(4,34)35)29(32)31-19-26-17-24(14-15-30-26)23-7-5-6-22(16-23)21-10-12-27(13-11-21)36(2,3)33/h5-18H,19H2,1-4H3,(H,31,32). The fourth-order valence-corrected chi connectivity index (χ4v) is 5.92. The number of carbonyl (C=O) groups is 1. The van der Waals surface area contributed by atoms with E-state index in [1.54, 1.807) is 38.6 Å². The van der Waals surface area contributed by atoms with Crippen LogP contribution >= 0.6 is 7.14 Å². The summed E-state index contributed by atoms with van der Waals surface area (Å²) < 4.78 is 36.3. The first-order chi connectivity index (χ1) is 17.4. The summed E-state index contributed by atoms with van der Waals surface area (Å²) in [5, 5.41) is 3.68. The Bertz CT molecular complexity index is 1620. The number of pyridine rings is 1. The zero-order valence-electron chi connectivity index (χ0n) is 21.2. The molecule has 4 rings (SSSR count). The number of hydrogen-bond donors (Lipinski definition) is 1. The molecule has 8 heteroatoms.